The molecule has 0 saturated heterocycles. The van der Waals surface area contributed by atoms with Crippen molar-refractivity contribution >= 4 is 17.0 Å². The topological polar surface area (TPSA) is 20.3 Å². The molecule has 0 saturated carbocycles. The molecule has 0 atom stereocenters. The number of fused-ring (bicyclic) bond motifs is 1. The lowest BCUT2D eigenvalue weighted by Gasteiger charge is -2.30. The third kappa shape index (κ3) is 3.71. The predicted molar refractivity (Wildman–Crippen MR) is 115 cm³/mol. The van der Waals surface area contributed by atoms with Crippen LogP contribution < -0.4 is 4.90 Å². The van der Waals surface area contributed by atoms with Crippen LogP contribution in [0.1, 0.15) is 56.7 Å². The number of allylic oxidation sites excluding steroid dienone is 1. The summed E-state index contributed by atoms with van der Waals surface area (Å²) in [5.74, 6) is 0.279. The normalized spacial score (nSPS) is 14.4. The van der Waals surface area contributed by atoms with Crippen molar-refractivity contribution in [3.63, 3.8) is 0 Å². The van der Waals surface area contributed by atoms with Gasteiger partial charge in [-0.3, -0.25) is 4.79 Å². The van der Waals surface area contributed by atoms with E-state index in [4.69, 9.17) is 0 Å². The molecule has 0 spiro atoms. The minimum absolute atomic E-state index is 0.279. The minimum Gasteiger partial charge on any atom is -0.347 e. The van der Waals surface area contributed by atoms with Crippen LogP contribution in [0, 0.1) is 12.3 Å². The highest BCUT2D eigenvalue weighted by Gasteiger charge is 2.35. The molecule has 142 valence electrons. The molecule has 0 bridgehead atoms. The Kier molecular flexibility index (Phi) is 5.84. The van der Waals surface area contributed by atoms with Gasteiger partial charge < -0.3 is 4.90 Å². The van der Waals surface area contributed by atoms with E-state index < -0.39 is 0 Å². The Balaban J connectivity index is 2.07. The van der Waals surface area contributed by atoms with Crippen molar-refractivity contribution in [2.24, 2.45) is 5.41 Å². The summed E-state index contributed by atoms with van der Waals surface area (Å²) in [4.78, 5) is 16.0. The Morgan fingerprint density at radius 3 is 2.33 bits per heavy atom. The Labute approximate surface area is 163 Å². The van der Waals surface area contributed by atoms with Crippen LogP contribution in [0.15, 0.2) is 54.7 Å². The van der Waals surface area contributed by atoms with Crippen molar-refractivity contribution in [1.29, 1.82) is 0 Å². The lowest BCUT2D eigenvalue weighted by atomic mass is 9.72. The van der Waals surface area contributed by atoms with E-state index in [0.29, 0.717) is 0 Å². The molecule has 27 heavy (non-hydrogen) atoms. The zero-order valence-corrected chi connectivity index (χ0v) is 17.1. The van der Waals surface area contributed by atoms with Gasteiger partial charge in [-0.25, -0.2) is 0 Å². The maximum Gasteiger partial charge on any atom is 0.171 e. The second-order valence-electron chi connectivity index (χ2n) is 7.65. The first-order chi connectivity index (χ1) is 13.0. The fourth-order valence-corrected chi connectivity index (χ4v) is 4.25. The van der Waals surface area contributed by atoms with Gasteiger partial charge in [-0.2, -0.15) is 0 Å². The van der Waals surface area contributed by atoms with Crippen molar-refractivity contribution < 1.29 is 4.79 Å². The highest BCUT2D eigenvalue weighted by molar-refractivity contribution is 6.23. The van der Waals surface area contributed by atoms with Crippen molar-refractivity contribution in [3.05, 3.63) is 71.4 Å². The molecule has 0 N–H and O–H groups in total. The summed E-state index contributed by atoms with van der Waals surface area (Å²) >= 11 is 0. The first kappa shape index (κ1) is 19.4. The highest BCUT2D eigenvalue weighted by Crippen LogP contribution is 2.38. The van der Waals surface area contributed by atoms with Gasteiger partial charge in [0.1, 0.15) is 0 Å². The van der Waals surface area contributed by atoms with Gasteiger partial charge in [-0.1, -0.05) is 68.8 Å². The molecule has 1 aliphatic heterocycles. The Morgan fingerprint density at radius 1 is 1.04 bits per heavy atom. The summed E-state index contributed by atoms with van der Waals surface area (Å²) < 4.78 is 0. The molecule has 0 fully saturated rings. The van der Waals surface area contributed by atoms with Crippen molar-refractivity contribution in [2.45, 2.75) is 53.4 Å². The first-order valence-corrected chi connectivity index (χ1v) is 10.2. The monoisotopic (exact) mass is 361 g/mol. The number of benzene rings is 2. The average Bonchev–Trinajstić information content (AvgIpc) is 3.10. The summed E-state index contributed by atoms with van der Waals surface area (Å²) in [5, 5.41) is 0. The molecule has 0 amide bonds. The van der Waals surface area contributed by atoms with E-state index in [1.165, 1.54) is 16.8 Å². The molecule has 1 heterocycles. The molecule has 2 aromatic rings. The van der Waals surface area contributed by atoms with Crippen LogP contribution >= 0.6 is 0 Å². The van der Waals surface area contributed by atoms with Gasteiger partial charge in [0.05, 0.1) is 0 Å². The van der Waals surface area contributed by atoms with E-state index in [9.17, 15) is 4.79 Å². The predicted octanol–water partition coefficient (Wildman–Crippen LogP) is 6.18. The van der Waals surface area contributed by atoms with Crippen molar-refractivity contribution in [3.8, 4) is 0 Å². The summed E-state index contributed by atoms with van der Waals surface area (Å²) in [6.45, 7) is 9.49. The highest BCUT2D eigenvalue weighted by atomic mass is 16.1. The van der Waals surface area contributed by atoms with Crippen LogP contribution in [0.5, 0.6) is 0 Å². The minimum atomic E-state index is -0.280. The molecule has 0 radical (unpaired) electrons. The van der Waals surface area contributed by atoms with Crippen molar-refractivity contribution in [2.75, 3.05) is 11.4 Å². The standard InChI is InChI=1S/C25H31NO/c1-5-25(6-2,7-3)24(27)22(20-11-9-8-10-12-20)18-26-16-15-21-17-19(4)13-14-23(21)26/h8-14,17-18H,5-7,15-16H2,1-4H3/b22-18+. The number of hydrogen-bond donors (Lipinski definition) is 0. The maximum absolute atomic E-state index is 13.7. The number of hydrogen-bond acceptors (Lipinski definition) is 2. The zero-order chi connectivity index (χ0) is 19.4. The number of anilines is 1. The fraction of sp³-hybridized carbons (Fsp3) is 0.400. The van der Waals surface area contributed by atoms with Crippen LogP contribution in [0.3, 0.4) is 0 Å². The molecule has 2 aromatic carbocycles. The summed E-state index contributed by atoms with van der Waals surface area (Å²) in [6, 6.07) is 16.8. The number of Topliss-reactive ketones (excluding diaryl/α,β-unsaturated/α-hetero) is 1. The van der Waals surface area contributed by atoms with Gasteiger partial charge in [0.2, 0.25) is 0 Å². The molecule has 3 rings (SSSR count). The number of rotatable bonds is 7. The number of carbonyl (C=O) groups excluding carboxylic acids is 1. The van der Waals surface area contributed by atoms with Crippen LogP contribution in [-0.4, -0.2) is 12.3 Å². The lowest BCUT2D eigenvalue weighted by Crippen LogP contribution is -2.31. The van der Waals surface area contributed by atoms with Gasteiger partial charge in [0.25, 0.3) is 0 Å². The largest absolute Gasteiger partial charge is 0.347 e. The molecule has 1 aliphatic rings. The summed E-state index contributed by atoms with van der Waals surface area (Å²) in [7, 11) is 0. The molecular formula is C25H31NO. The van der Waals surface area contributed by atoms with E-state index in [-0.39, 0.29) is 11.2 Å². The van der Waals surface area contributed by atoms with Crippen LogP contribution in [-0.2, 0) is 11.2 Å². The smallest absolute Gasteiger partial charge is 0.171 e. The van der Waals surface area contributed by atoms with Gasteiger partial charge >= 0.3 is 0 Å². The molecule has 0 aromatic heterocycles. The Hall–Kier alpha value is -2.35. The van der Waals surface area contributed by atoms with Crippen molar-refractivity contribution in [1.82, 2.24) is 0 Å². The number of nitrogens with zero attached hydrogens (tertiary/aromatic N) is 1. The molecular weight excluding hydrogens is 330 g/mol. The lowest BCUT2D eigenvalue weighted by molar-refractivity contribution is -0.123. The van der Waals surface area contributed by atoms with E-state index in [1.54, 1.807) is 0 Å². The number of carbonyl (C=O) groups is 1. The van der Waals surface area contributed by atoms with Crippen LogP contribution in [0.25, 0.3) is 5.57 Å². The van der Waals surface area contributed by atoms with E-state index >= 15 is 0 Å². The number of aryl methyl sites for hydroxylation is 1. The molecule has 2 heteroatoms. The van der Waals surface area contributed by atoms with E-state index in [0.717, 1.165) is 43.4 Å². The molecule has 0 unspecified atom stereocenters. The average molecular weight is 362 g/mol. The molecule has 2 nitrogen and oxygen atoms in total. The number of ketones is 1. The van der Waals surface area contributed by atoms with Crippen LogP contribution in [0.4, 0.5) is 5.69 Å². The fourth-order valence-electron chi connectivity index (χ4n) is 4.25. The van der Waals surface area contributed by atoms with E-state index in [2.05, 4.69) is 69.1 Å². The SMILES string of the molecule is CCC(CC)(CC)C(=O)/C(=C/N1CCc2cc(C)ccc21)c1ccccc1. The molecule has 0 aliphatic carbocycles. The van der Waals surface area contributed by atoms with Gasteiger partial charge in [0.15, 0.2) is 5.78 Å². The quantitative estimate of drug-likeness (QED) is 0.548. The Bertz CT molecular complexity index is 822. The summed E-state index contributed by atoms with van der Waals surface area (Å²) in [6.07, 6.45) is 5.76. The third-order valence-electron chi connectivity index (χ3n) is 6.29. The second-order valence-corrected chi connectivity index (χ2v) is 7.65. The summed E-state index contributed by atoms with van der Waals surface area (Å²) in [5.41, 5.74) is 5.48. The van der Waals surface area contributed by atoms with Gasteiger partial charge in [-0.05, 0) is 49.8 Å². The zero-order valence-electron chi connectivity index (χ0n) is 17.1. The first-order valence-electron chi connectivity index (χ1n) is 10.2. The maximum atomic E-state index is 13.7. The van der Waals surface area contributed by atoms with Gasteiger partial charge in [0, 0.05) is 29.4 Å². The second kappa shape index (κ2) is 8.12. The van der Waals surface area contributed by atoms with E-state index in [1.807, 2.05) is 18.2 Å². The van der Waals surface area contributed by atoms with Gasteiger partial charge in [-0.15, -0.1) is 0 Å². The third-order valence-corrected chi connectivity index (χ3v) is 6.29. The Morgan fingerprint density at radius 2 is 1.70 bits per heavy atom. The van der Waals surface area contributed by atoms with Crippen LogP contribution in [0.2, 0.25) is 0 Å².